The van der Waals surface area contributed by atoms with E-state index in [1.807, 2.05) is 0 Å². The number of nitrogens with two attached hydrogens (primary N) is 1. The van der Waals surface area contributed by atoms with Gasteiger partial charge in [0.25, 0.3) is 12.0 Å². The van der Waals surface area contributed by atoms with Crippen molar-refractivity contribution in [3.63, 3.8) is 0 Å². The Balaban J connectivity index is 1.76. The summed E-state index contributed by atoms with van der Waals surface area (Å²) in [6.45, 7) is -0.876. The minimum Gasteiger partial charge on any atom is -0.369 e. The number of anilines is 1. The molecule has 0 bridgehead atoms. The number of fused-ring (bicyclic) bond motifs is 2. The van der Waals surface area contributed by atoms with Crippen molar-refractivity contribution in [2.24, 2.45) is 0 Å². The van der Waals surface area contributed by atoms with Crippen LogP contribution in [0.2, 0.25) is 0 Å². The lowest BCUT2D eigenvalue weighted by Gasteiger charge is -2.41. The predicted molar refractivity (Wildman–Crippen MR) is 97.6 cm³/mol. The highest BCUT2D eigenvalue weighted by atomic mass is 32.5. The van der Waals surface area contributed by atoms with Crippen LogP contribution in [0, 0.1) is 0 Å². The molecule has 10 nitrogen and oxygen atoms in total. The van der Waals surface area contributed by atoms with E-state index in [0.717, 1.165) is 10.9 Å². The van der Waals surface area contributed by atoms with Crippen molar-refractivity contribution < 1.29 is 31.5 Å². The van der Waals surface area contributed by atoms with Gasteiger partial charge in [0.05, 0.1) is 19.0 Å². The van der Waals surface area contributed by atoms with Gasteiger partial charge in [0.15, 0.2) is 29.2 Å². The van der Waals surface area contributed by atoms with Crippen LogP contribution in [0.3, 0.4) is 0 Å². The van der Waals surface area contributed by atoms with Crippen molar-refractivity contribution in [3.8, 4) is 0 Å². The number of halogens is 3. The molecule has 5 atom stereocenters. The zero-order chi connectivity index (χ0) is 21.1. The summed E-state index contributed by atoms with van der Waals surface area (Å²) < 4.78 is 65.9. The molecular weight excluding hydrogens is 438 g/mol. The fraction of sp³-hybridized carbons (Fsp3) is 0.643. The van der Waals surface area contributed by atoms with Crippen molar-refractivity contribution in [1.29, 1.82) is 0 Å². The minimum absolute atomic E-state index is 0.124. The Morgan fingerprint density at radius 2 is 2.24 bits per heavy atom. The molecule has 160 valence electrons. The van der Waals surface area contributed by atoms with Crippen molar-refractivity contribution in [3.05, 3.63) is 16.7 Å². The maximum atomic E-state index is 15.4. The smallest absolute Gasteiger partial charge is 0.328 e. The van der Waals surface area contributed by atoms with Crippen molar-refractivity contribution >= 4 is 35.6 Å². The van der Waals surface area contributed by atoms with Crippen LogP contribution in [-0.4, -0.2) is 56.5 Å². The van der Waals surface area contributed by atoms with Gasteiger partial charge in [-0.05, 0) is 25.7 Å². The number of ether oxygens (including phenoxy) is 1. The number of aromatic amines is 1. The SMILES string of the molecule is CC(C)OP1(=S)OCC2(C(F)F)OC(n3cnc4c(=O)[nH]c(N)nc43)C(F)C2O1. The number of aromatic nitrogens is 4. The fourth-order valence-corrected chi connectivity index (χ4v) is 5.85. The summed E-state index contributed by atoms with van der Waals surface area (Å²) in [6.07, 6.45) is -8.02. The molecule has 0 aromatic carbocycles. The second kappa shape index (κ2) is 7.00. The van der Waals surface area contributed by atoms with E-state index in [4.69, 9.17) is 35.8 Å². The first-order valence-corrected chi connectivity index (χ1v) is 11.1. The lowest BCUT2D eigenvalue weighted by atomic mass is 9.97. The van der Waals surface area contributed by atoms with Crippen LogP contribution in [0.4, 0.5) is 19.1 Å². The summed E-state index contributed by atoms with van der Waals surface area (Å²) in [6, 6.07) is 0. The summed E-state index contributed by atoms with van der Waals surface area (Å²) >= 11 is 5.18. The van der Waals surface area contributed by atoms with Gasteiger partial charge in [0.1, 0.15) is 6.10 Å². The maximum absolute atomic E-state index is 15.4. The lowest BCUT2D eigenvalue weighted by Crippen LogP contribution is -2.55. The quantitative estimate of drug-likeness (QED) is 0.662. The number of nitrogens with zero attached hydrogens (tertiary/aromatic N) is 3. The topological polar surface area (TPSA) is 127 Å². The van der Waals surface area contributed by atoms with Crippen LogP contribution in [0.15, 0.2) is 11.1 Å². The Bertz CT molecular complexity index is 1050. The van der Waals surface area contributed by atoms with E-state index < -0.39 is 55.5 Å². The molecule has 2 aliphatic heterocycles. The van der Waals surface area contributed by atoms with E-state index in [-0.39, 0.29) is 17.1 Å². The standard InChI is InChI=1S/C14H17F3N5O5PS/c1-5(2)26-28(29)24-3-14(12(16)17)8(27-28)6(15)11(25-14)22-4-19-7-9(22)20-13(18)21-10(7)23/h4-6,8,11-12H,3H2,1-2H3,(H3,18,20,21,23). The third kappa shape index (κ3) is 3.27. The van der Waals surface area contributed by atoms with Gasteiger partial charge in [-0.15, -0.1) is 0 Å². The van der Waals surface area contributed by atoms with Crippen LogP contribution in [-0.2, 0) is 30.1 Å². The molecule has 15 heteroatoms. The van der Waals surface area contributed by atoms with E-state index in [1.165, 1.54) is 0 Å². The molecule has 29 heavy (non-hydrogen) atoms. The molecule has 2 aromatic rings. The van der Waals surface area contributed by atoms with Gasteiger partial charge in [-0.2, -0.15) is 4.98 Å². The Morgan fingerprint density at radius 1 is 1.52 bits per heavy atom. The largest absolute Gasteiger partial charge is 0.369 e. The monoisotopic (exact) mass is 455 g/mol. The molecule has 5 unspecified atom stereocenters. The Hall–Kier alpha value is -1.57. The number of imidazole rings is 1. The maximum Gasteiger partial charge on any atom is 0.328 e. The summed E-state index contributed by atoms with van der Waals surface area (Å²) in [5, 5.41) is 0. The minimum atomic E-state index is -3.46. The second-order valence-corrected chi connectivity index (χ2v) is 9.80. The van der Waals surface area contributed by atoms with Crippen LogP contribution in [0.1, 0.15) is 20.1 Å². The van der Waals surface area contributed by atoms with E-state index in [1.54, 1.807) is 13.8 Å². The number of hydrogen-bond acceptors (Lipinski definition) is 9. The Labute approximate surface area is 166 Å². The third-order valence-electron chi connectivity index (χ3n) is 4.51. The number of H-pyrrole nitrogens is 1. The van der Waals surface area contributed by atoms with E-state index in [2.05, 4.69) is 15.0 Å². The normalized spacial score (nSPS) is 34.9. The van der Waals surface area contributed by atoms with Gasteiger partial charge in [-0.25, -0.2) is 18.2 Å². The fourth-order valence-electron chi connectivity index (χ4n) is 3.28. The highest BCUT2D eigenvalue weighted by Crippen LogP contribution is 2.62. The summed E-state index contributed by atoms with van der Waals surface area (Å²) in [5.41, 5.74) is 2.16. The zero-order valence-corrected chi connectivity index (χ0v) is 16.8. The third-order valence-corrected chi connectivity index (χ3v) is 6.95. The molecule has 0 saturated carbocycles. The number of hydrogen-bond donors (Lipinski definition) is 2. The van der Waals surface area contributed by atoms with Gasteiger partial charge >= 0.3 is 6.72 Å². The van der Waals surface area contributed by atoms with Crippen LogP contribution in [0.5, 0.6) is 0 Å². The first-order chi connectivity index (χ1) is 13.6. The highest BCUT2D eigenvalue weighted by Gasteiger charge is 2.67. The van der Waals surface area contributed by atoms with Crippen LogP contribution in [0.25, 0.3) is 11.2 Å². The first-order valence-electron chi connectivity index (χ1n) is 8.50. The molecule has 0 radical (unpaired) electrons. The first kappa shape index (κ1) is 20.7. The summed E-state index contributed by atoms with van der Waals surface area (Å²) in [5.74, 6) is -0.251. The van der Waals surface area contributed by atoms with Gasteiger partial charge in [-0.1, -0.05) is 0 Å². The van der Waals surface area contributed by atoms with Gasteiger partial charge < -0.3 is 19.5 Å². The number of nitrogen functional groups attached to an aromatic ring is 1. The zero-order valence-electron chi connectivity index (χ0n) is 15.1. The Kier molecular flexibility index (Phi) is 4.99. The molecule has 4 heterocycles. The van der Waals surface area contributed by atoms with Crippen molar-refractivity contribution in [2.75, 3.05) is 12.3 Å². The Morgan fingerprint density at radius 3 is 2.90 bits per heavy atom. The van der Waals surface area contributed by atoms with E-state index in [0.29, 0.717) is 0 Å². The molecule has 4 rings (SSSR count). The molecule has 2 fully saturated rings. The molecular formula is C14H17F3N5O5PS. The number of alkyl halides is 3. The molecule has 0 aliphatic carbocycles. The number of nitrogens with one attached hydrogen (secondary N) is 1. The average molecular weight is 455 g/mol. The van der Waals surface area contributed by atoms with Crippen LogP contribution >= 0.6 is 6.72 Å². The van der Waals surface area contributed by atoms with E-state index in [9.17, 15) is 13.6 Å². The molecule has 2 aromatic heterocycles. The second-order valence-electron chi connectivity index (χ2n) is 6.88. The average Bonchev–Trinajstić information content (AvgIpc) is 3.14. The molecule has 2 aliphatic rings. The van der Waals surface area contributed by atoms with Crippen LogP contribution < -0.4 is 11.3 Å². The predicted octanol–water partition coefficient (Wildman–Crippen LogP) is 1.64. The van der Waals surface area contributed by atoms with Crippen molar-refractivity contribution in [2.45, 2.75) is 50.5 Å². The van der Waals surface area contributed by atoms with Crippen molar-refractivity contribution in [1.82, 2.24) is 19.5 Å². The molecule has 3 N–H and O–H groups in total. The highest BCUT2D eigenvalue weighted by molar-refractivity contribution is 8.07. The van der Waals surface area contributed by atoms with Gasteiger partial charge in [0.2, 0.25) is 5.95 Å². The lowest BCUT2D eigenvalue weighted by molar-refractivity contribution is -0.204. The summed E-state index contributed by atoms with van der Waals surface area (Å²) in [7, 11) is 0. The summed E-state index contributed by atoms with van der Waals surface area (Å²) in [4.78, 5) is 21.9. The van der Waals surface area contributed by atoms with Gasteiger partial charge in [0, 0.05) is 0 Å². The molecule has 0 amide bonds. The molecule has 2 saturated heterocycles. The molecule has 0 spiro atoms. The van der Waals surface area contributed by atoms with Gasteiger partial charge in [-0.3, -0.25) is 18.9 Å². The van der Waals surface area contributed by atoms with E-state index >= 15 is 4.39 Å². The number of rotatable bonds is 4.